The van der Waals surface area contributed by atoms with E-state index in [0.717, 1.165) is 0 Å². The van der Waals surface area contributed by atoms with Crippen molar-refractivity contribution in [2.24, 2.45) is 0 Å². The van der Waals surface area contributed by atoms with E-state index in [-0.39, 0.29) is 17.7 Å². The molecule has 74 valence electrons. The van der Waals surface area contributed by atoms with E-state index < -0.39 is 0 Å². The van der Waals surface area contributed by atoms with E-state index in [4.69, 9.17) is 4.74 Å². The molecular weight excluding hydrogens is 183 g/mol. The monoisotopic (exact) mass is 194 g/mol. The highest BCUT2D eigenvalue weighted by Gasteiger charge is 2.23. The maximum Gasteiger partial charge on any atom is 0.306 e. The molecule has 3 heteroatoms. The van der Waals surface area contributed by atoms with Gasteiger partial charge in [0.05, 0.1) is 13.0 Å². The second kappa shape index (κ2) is 3.78. The number of carbonyl (C=O) groups excluding carboxylic acids is 1. The maximum absolute atomic E-state index is 13.3. The van der Waals surface area contributed by atoms with Crippen molar-refractivity contribution < 1.29 is 13.9 Å². The summed E-state index contributed by atoms with van der Waals surface area (Å²) in [5.74, 6) is -0.478. The molecule has 1 saturated heterocycles. The second-order valence-electron chi connectivity index (χ2n) is 3.43. The molecule has 0 aliphatic carbocycles. The van der Waals surface area contributed by atoms with E-state index >= 15 is 0 Å². The molecule has 1 unspecified atom stereocenters. The molecule has 1 aliphatic rings. The molecule has 0 aromatic heterocycles. The summed E-state index contributed by atoms with van der Waals surface area (Å²) in [6.45, 7) is 0.401. The number of esters is 1. The van der Waals surface area contributed by atoms with Gasteiger partial charge in [0.1, 0.15) is 5.82 Å². The van der Waals surface area contributed by atoms with Crippen molar-refractivity contribution >= 4 is 5.97 Å². The summed E-state index contributed by atoms with van der Waals surface area (Å²) in [5, 5.41) is 0. The summed E-state index contributed by atoms with van der Waals surface area (Å²) in [7, 11) is 0. The van der Waals surface area contributed by atoms with Crippen molar-refractivity contribution in [3.63, 3.8) is 0 Å². The van der Waals surface area contributed by atoms with Crippen molar-refractivity contribution in [3.8, 4) is 0 Å². The molecule has 14 heavy (non-hydrogen) atoms. The van der Waals surface area contributed by atoms with Gasteiger partial charge in [0.25, 0.3) is 0 Å². The predicted octanol–water partition coefficient (Wildman–Crippen LogP) is 2.25. The van der Waals surface area contributed by atoms with Gasteiger partial charge in [-0.15, -0.1) is 0 Å². The van der Waals surface area contributed by atoms with E-state index in [2.05, 4.69) is 0 Å². The molecule has 0 bridgehead atoms. The lowest BCUT2D eigenvalue weighted by atomic mass is 9.91. The van der Waals surface area contributed by atoms with Crippen LogP contribution in [0.15, 0.2) is 24.3 Å². The Hall–Kier alpha value is -1.38. The van der Waals surface area contributed by atoms with Gasteiger partial charge in [0, 0.05) is 5.92 Å². The predicted molar refractivity (Wildman–Crippen MR) is 49.3 cm³/mol. The van der Waals surface area contributed by atoms with Crippen molar-refractivity contribution in [1.82, 2.24) is 0 Å². The topological polar surface area (TPSA) is 26.3 Å². The first kappa shape index (κ1) is 9.19. The third kappa shape index (κ3) is 1.76. The number of carbonyl (C=O) groups is 1. The van der Waals surface area contributed by atoms with E-state index in [9.17, 15) is 9.18 Å². The SMILES string of the molecule is O=C1CC(c2ccccc2F)CCO1. The number of hydrogen-bond donors (Lipinski definition) is 0. The first-order valence-electron chi connectivity index (χ1n) is 4.67. The van der Waals surface area contributed by atoms with Gasteiger partial charge in [-0.25, -0.2) is 4.39 Å². The summed E-state index contributed by atoms with van der Waals surface area (Å²) in [4.78, 5) is 11.0. The average Bonchev–Trinajstić information content (AvgIpc) is 2.18. The number of ether oxygens (including phenoxy) is 1. The molecule has 0 radical (unpaired) electrons. The molecule has 1 aliphatic heterocycles. The minimum Gasteiger partial charge on any atom is -0.466 e. The summed E-state index contributed by atoms with van der Waals surface area (Å²) >= 11 is 0. The van der Waals surface area contributed by atoms with Crippen molar-refractivity contribution in [2.75, 3.05) is 6.61 Å². The molecule has 1 fully saturated rings. The third-order valence-electron chi connectivity index (χ3n) is 2.49. The highest BCUT2D eigenvalue weighted by Crippen LogP contribution is 2.28. The van der Waals surface area contributed by atoms with Gasteiger partial charge in [-0.05, 0) is 18.1 Å². The quantitative estimate of drug-likeness (QED) is 0.641. The number of halogens is 1. The summed E-state index contributed by atoms with van der Waals surface area (Å²) < 4.78 is 18.2. The standard InChI is InChI=1S/C11H11FO2/c12-10-4-2-1-3-9(10)8-5-6-14-11(13)7-8/h1-4,8H,5-7H2. The Labute approximate surface area is 81.7 Å². The van der Waals surface area contributed by atoms with E-state index in [1.165, 1.54) is 6.07 Å². The first-order chi connectivity index (χ1) is 6.77. The van der Waals surface area contributed by atoms with Crippen molar-refractivity contribution in [3.05, 3.63) is 35.6 Å². The lowest BCUT2D eigenvalue weighted by molar-refractivity contribution is -0.147. The van der Waals surface area contributed by atoms with Crippen LogP contribution in [-0.2, 0) is 9.53 Å². The first-order valence-corrected chi connectivity index (χ1v) is 4.67. The summed E-state index contributed by atoms with van der Waals surface area (Å²) in [6.07, 6.45) is 1.01. The minimum absolute atomic E-state index is 0.0163. The molecular formula is C11H11FO2. The van der Waals surface area contributed by atoms with Crippen LogP contribution in [0.2, 0.25) is 0 Å². The zero-order valence-corrected chi connectivity index (χ0v) is 7.70. The molecule has 1 atom stereocenters. The maximum atomic E-state index is 13.3. The highest BCUT2D eigenvalue weighted by atomic mass is 19.1. The second-order valence-corrected chi connectivity index (χ2v) is 3.43. The fraction of sp³-hybridized carbons (Fsp3) is 0.364. The molecule has 2 nitrogen and oxygen atoms in total. The van der Waals surface area contributed by atoms with Gasteiger partial charge in [-0.3, -0.25) is 4.79 Å². The molecule has 1 aromatic rings. The molecule has 0 amide bonds. The van der Waals surface area contributed by atoms with Gasteiger partial charge in [0.2, 0.25) is 0 Å². The average molecular weight is 194 g/mol. The van der Waals surface area contributed by atoms with Gasteiger partial charge in [-0.1, -0.05) is 18.2 Å². The fourth-order valence-corrected chi connectivity index (χ4v) is 1.75. The van der Waals surface area contributed by atoms with E-state index in [0.29, 0.717) is 25.0 Å². The van der Waals surface area contributed by atoms with Crippen LogP contribution in [0.4, 0.5) is 4.39 Å². The normalized spacial score (nSPS) is 21.8. The summed E-state index contributed by atoms with van der Waals surface area (Å²) in [6, 6.07) is 6.60. The van der Waals surface area contributed by atoms with Gasteiger partial charge < -0.3 is 4.74 Å². The molecule has 0 saturated carbocycles. The molecule has 1 aromatic carbocycles. The number of hydrogen-bond acceptors (Lipinski definition) is 2. The lowest BCUT2D eigenvalue weighted by Crippen LogP contribution is -2.20. The van der Waals surface area contributed by atoms with Gasteiger partial charge >= 0.3 is 5.97 Å². The van der Waals surface area contributed by atoms with Gasteiger partial charge in [0.15, 0.2) is 0 Å². The molecule has 1 heterocycles. The Morgan fingerprint density at radius 1 is 1.36 bits per heavy atom. The highest BCUT2D eigenvalue weighted by molar-refractivity contribution is 5.71. The van der Waals surface area contributed by atoms with Crippen LogP contribution in [0.1, 0.15) is 24.3 Å². The Balaban J connectivity index is 2.22. The van der Waals surface area contributed by atoms with Crippen molar-refractivity contribution in [1.29, 1.82) is 0 Å². The summed E-state index contributed by atoms with van der Waals surface area (Å²) in [5.41, 5.74) is 0.629. The van der Waals surface area contributed by atoms with Crippen LogP contribution in [0, 0.1) is 5.82 Å². The Bertz CT molecular complexity index is 349. The zero-order chi connectivity index (χ0) is 9.97. The molecule has 0 N–H and O–H groups in total. The van der Waals surface area contributed by atoms with Crippen molar-refractivity contribution in [2.45, 2.75) is 18.8 Å². The lowest BCUT2D eigenvalue weighted by Gasteiger charge is -2.21. The molecule has 0 spiro atoms. The Morgan fingerprint density at radius 2 is 2.14 bits per heavy atom. The smallest absolute Gasteiger partial charge is 0.306 e. The van der Waals surface area contributed by atoms with Crippen LogP contribution in [0.5, 0.6) is 0 Å². The van der Waals surface area contributed by atoms with E-state index in [1.54, 1.807) is 18.2 Å². The zero-order valence-electron chi connectivity index (χ0n) is 7.70. The number of benzene rings is 1. The molecule has 2 rings (SSSR count). The number of rotatable bonds is 1. The Kier molecular flexibility index (Phi) is 2.48. The Morgan fingerprint density at radius 3 is 2.86 bits per heavy atom. The van der Waals surface area contributed by atoms with Crippen LogP contribution in [0.25, 0.3) is 0 Å². The van der Waals surface area contributed by atoms with Crippen LogP contribution in [-0.4, -0.2) is 12.6 Å². The number of cyclic esters (lactones) is 1. The fourth-order valence-electron chi connectivity index (χ4n) is 1.75. The van der Waals surface area contributed by atoms with Crippen LogP contribution in [0.3, 0.4) is 0 Å². The largest absolute Gasteiger partial charge is 0.466 e. The third-order valence-corrected chi connectivity index (χ3v) is 2.49. The minimum atomic E-state index is -0.232. The van der Waals surface area contributed by atoms with Gasteiger partial charge in [-0.2, -0.15) is 0 Å². The van der Waals surface area contributed by atoms with E-state index in [1.807, 2.05) is 0 Å². The van der Waals surface area contributed by atoms with Crippen LogP contribution < -0.4 is 0 Å². The van der Waals surface area contributed by atoms with Crippen LogP contribution >= 0.6 is 0 Å².